The second-order valence-corrected chi connectivity index (χ2v) is 3.55. The van der Waals surface area contributed by atoms with E-state index in [1.165, 1.54) is 11.1 Å². The number of aldehydes is 1. The first-order chi connectivity index (χ1) is 6.31. The molecule has 0 aliphatic carbocycles. The van der Waals surface area contributed by atoms with Gasteiger partial charge in [0.2, 0.25) is 0 Å². The molecule has 0 spiro atoms. The first-order valence-corrected chi connectivity index (χ1v) is 4.57. The summed E-state index contributed by atoms with van der Waals surface area (Å²) in [5.74, 6) is 0. The van der Waals surface area contributed by atoms with E-state index in [9.17, 15) is 4.79 Å². The van der Waals surface area contributed by atoms with Crippen LogP contribution in [-0.2, 0) is 17.9 Å². The van der Waals surface area contributed by atoms with E-state index in [2.05, 4.69) is 17.0 Å². The zero-order valence-corrected chi connectivity index (χ0v) is 7.73. The molecule has 68 valence electrons. The second kappa shape index (κ2) is 3.30. The zero-order valence-electron chi connectivity index (χ0n) is 7.73. The van der Waals surface area contributed by atoms with Crippen molar-refractivity contribution >= 4 is 6.29 Å². The van der Waals surface area contributed by atoms with Gasteiger partial charge in [-0.25, -0.2) is 0 Å². The van der Waals surface area contributed by atoms with Gasteiger partial charge in [0, 0.05) is 13.1 Å². The van der Waals surface area contributed by atoms with Crippen molar-refractivity contribution in [2.75, 3.05) is 0 Å². The highest BCUT2D eigenvalue weighted by Gasteiger charge is 2.21. The lowest BCUT2D eigenvalue weighted by molar-refractivity contribution is -0.112. The molecule has 1 aromatic carbocycles. The number of carbonyl (C=O) groups is 1. The van der Waals surface area contributed by atoms with E-state index < -0.39 is 0 Å². The fraction of sp³-hybridized carbons (Fsp3) is 0.364. The van der Waals surface area contributed by atoms with Gasteiger partial charge in [0.1, 0.15) is 6.29 Å². The molecule has 0 saturated carbocycles. The Balaban J connectivity index is 2.18. The maximum atomic E-state index is 10.6. The van der Waals surface area contributed by atoms with E-state index >= 15 is 0 Å². The Bertz CT molecular complexity index is 297. The van der Waals surface area contributed by atoms with Crippen molar-refractivity contribution in [1.82, 2.24) is 4.90 Å². The topological polar surface area (TPSA) is 20.3 Å². The largest absolute Gasteiger partial charge is 0.302 e. The molecule has 1 atom stereocenters. The number of nitrogens with zero attached hydrogens (tertiary/aromatic N) is 1. The van der Waals surface area contributed by atoms with E-state index in [4.69, 9.17) is 0 Å². The van der Waals surface area contributed by atoms with Crippen molar-refractivity contribution < 1.29 is 4.79 Å². The molecule has 1 heterocycles. The van der Waals surface area contributed by atoms with Gasteiger partial charge in [-0.15, -0.1) is 0 Å². The number of hydrogen-bond acceptors (Lipinski definition) is 2. The molecule has 0 aromatic heterocycles. The molecule has 0 N–H and O–H groups in total. The molecule has 0 amide bonds. The Hall–Kier alpha value is -1.15. The lowest BCUT2D eigenvalue weighted by Crippen LogP contribution is -2.28. The molecule has 2 rings (SSSR count). The van der Waals surface area contributed by atoms with Crippen LogP contribution < -0.4 is 0 Å². The van der Waals surface area contributed by atoms with Crippen LogP contribution >= 0.6 is 0 Å². The third kappa shape index (κ3) is 1.49. The summed E-state index contributed by atoms with van der Waals surface area (Å²) >= 11 is 0. The van der Waals surface area contributed by atoms with Crippen LogP contribution in [0.15, 0.2) is 24.3 Å². The first kappa shape index (κ1) is 8.45. The molecule has 0 unspecified atom stereocenters. The summed E-state index contributed by atoms with van der Waals surface area (Å²) in [5, 5.41) is 0. The van der Waals surface area contributed by atoms with E-state index in [0.717, 1.165) is 19.4 Å². The Morgan fingerprint density at radius 3 is 2.31 bits per heavy atom. The summed E-state index contributed by atoms with van der Waals surface area (Å²) in [6.07, 6.45) is 1.01. The SMILES string of the molecule is C[C@@H](C=O)N1Cc2ccccc2C1. The van der Waals surface area contributed by atoms with Gasteiger partial charge < -0.3 is 4.79 Å². The summed E-state index contributed by atoms with van der Waals surface area (Å²) in [5.41, 5.74) is 2.72. The van der Waals surface area contributed by atoms with Crippen molar-refractivity contribution in [2.24, 2.45) is 0 Å². The minimum Gasteiger partial charge on any atom is -0.302 e. The third-order valence-electron chi connectivity index (χ3n) is 2.64. The maximum absolute atomic E-state index is 10.6. The fourth-order valence-corrected chi connectivity index (χ4v) is 1.73. The molecule has 1 aromatic rings. The van der Waals surface area contributed by atoms with Gasteiger partial charge in [-0.1, -0.05) is 24.3 Å². The highest BCUT2D eigenvalue weighted by Crippen LogP contribution is 2.23. The summed E-state index contributed by atoms with van der Waals surface area (Å²) in [6, 6.07) is 8.40. The Morgan fingerprint density at radius 2 is 1.85 bits per heavy atom. The van der Waals surface area contributed by atoms with Gasteiger partial charge in [0.05, 0.1) is 6.04 Å². The van der Waals surface area contributed by atoms with Crippen LogP contribution in [0.25, 0.3) is 0 Å². The third-order valence-corrected chi connectivity index (χ3v) is 2.64. The maximum Gasteiger partial charge on any atom is 0.136 e. The van der Waals surface area contributed by atoms with Crippen molar-refractivity contribution in [2.45, 2.75) is 26.1 Å². The first-order valence-electron chi connectivity index (χ1n) is 4.57. The van der Waals surface area contributed by atoms with Crippen LogP contribution in [0.2, 0.25) is 0 Å². The van der Waals surface area contributed by atoms with E-state index in [-0.39, 0.29) is 6.04 Å². The molecular weight excluding hydrogens is 162 g/mol. The predicted molar refractivity (Wildman–Crippen MR) is 51.2 cm³/mol. The quantitative estimate of drug-likeness (QED) is 0.636. The monoisotopic (exact) mass is 175 g/mol. The van der Waals surface area contributed by atoms with Crippen LogP contribution in [0, 0.1) is 0 Å². The molecule has 0 saturated heterocycles. The molecule has 1 aliphatic rings. The van der Waals surface area contributed by atoms with Gasteiger partial charge in [0.25, 0.3) is 0 Å². The number of rotatable bonds is 2. The second-order valence-electron chi connectivity index (χ2n) is 3.55. The number of hydrogen-bond donors (Lipinski definition) is 0. The predicted octanol–water partition coefficient (Wildman–Crippen LogP) is 1.59. The number of fused-ring (bicyclic) bond motifs is 1. The minimum absolute atomic E-state index is 0.0346. The van der Waals surface area contributed by atoms with E-state index in [1.807, 2.05) is 19.1 Å². The molecule has 2 nitrogen and oxygen atoms in total. The summed E-state index contributed by atoms with van der Waals surface area (Å²) in [4.78, 5) is 12.8. The van der Waals surface area contributed by atoms with Crippen LogP contribution in [0.4, 0.5) is 0 Å². The normalized spacial score (nSPS) is 18.2. The van der Waals surface area contributed by atoms with Crippen LogP contribution in [0.1, 0.15) is 18.1 Å². The van der Waals surface area contributed by atoms with Crippen LogP contribution in [0.5, 0.6) is 0 Å². The number of benzene rings is 1. The average molecular weight is 175 g/mol. The smallest absolute Gasteiger partial charge is 0.136 e. The molecule has 0 fully saturated rings. The summed E-state index contributed by atoms with van der Waals surface area (Å²) in [7, 11) is 0. The zero-order chi connectivity index (χ0) is 9.26. The number of carbonyl (C=O) groups excluding carboxylic acids is 1. The molecule has 13 heavy (non-hydrogen) atoms. The Labute approximate surface area is 78.2 Å². The lowest BCUT2D eigenvalue weighted by Gasteiger charge is -2.17. The minimum atomic E-state index is 0.0346. The van der Waals surface area contributed by atoms with Crippen molar-refractivity contribution in [1.29, 1.82) is 0 Å². The molecular formula is C11H13NO. The Morgan fingerprint density at radius 1 is 1.31 bits per heavy atom. The van der Waals surface area contributed by atoms with Gasteiger partial charge in [0.15, 0.2) is 0 Å². The van der Waals surface area contributed by atoms with Crippen molar-refractivity contribution in [3.8, 4) is 0 Å². The fourth-order valence-electron chi connectivity index (χ4n) is 1.73. The van der Waals surface area contributed by atoms with Crippen molar-refractivity contribution in [3.63, 3.8) is 0 Å². The Kier molecular flexibility index (Phi) is 2.15. The lowest BCUT2D eigenvalue weighted by atomic mass is 10.1. The van der Waals surface area contributed by atoms with Gasteiger partial charge in [-0.2, -0.15) is 0 Å². The van der Waals surface area contributed by atoms with Gasteiger partial charge in [-0.3, -0.25) is 4.90 Å². The molecule has 1 aliphatic heterocycles. The summed E-state index contributed by atoms with van der Waals surface area (Å²) in [6.45, 7) is 3.77. The average Bonchev–Trinajstić information content (AvgIpc) is 2.59. The van der Waals surface area contributed by atoms with E-state index in [0.29, 0.717) is 0 Å². The van der Waals surface area contributed by atoms with Crippen LogP contribution in [0.3, 0.4) is 0 Å². The van der Waals surface area contributed by atoms with Crippen LogP contribution in [-0.4, -0.2) is 17.2 Å². The molecule has 0 bridgehead atoms. The standard InChI is InChI=1S/C11H13NO/c1-9(8-13)12-6-10-4-2-3-5-11(10)7-12/h2-5,8-9H,6-7H2,1H3/t9-/m0/s1. The summed E-state index contributed by atoms with van der Waals surface area (Å²) < 4.78 is 0. The van der Waals surface area contributed by atoms with Crippen molar-refractivity contribution in [3.05, 3.63) is 35.4 Å². The van der Waals surface area contributed by atoms with Gasteiger partial charge in [-0.05, 0) is 18.1 Å². The van der Waals surface area contributed by atoms with E-state index in [1.54, 1.807) is 0 Å². The highest BCUT2D eigenvalue weighted by molar-refractivity contribution is 5.57. The van der Waals surface area contributed by atoms with Gasteiger partial charge >= 0.3 is 0 Å². The molecule has 2 heteroatoms. The molecule has 0 radical (unpaired) electrons. The highest BCUT2D eigenvalue weighted by atomic mass is 16.1.